The van der Waals surface area contributed by atoms with Gasteiger partial charge in [-0.05, 0) is 20.8 Å². The van der Waals surface area contributed by atoms with E-state index in [0.717, 1.165) is 0 Å². The zero-order valence-electron chi connectivity index (χ0n) is 9.63. The number of carbonyl (C=O) groups excluding carboxylic acids is 2. The Bertz CT molecular complexity index is 296. The molecule has 0 aromatic heterocycles. The fraction of sp³-hybridized carbons (Fsp3) is 0.636. The molecule has 16 heavy (non-hydrogen) atoms. The van der Waals surface area contributed by atoms with E-state index in [1.165, 1.54) is 0 Å². The molecule has 0 N–H and O–H groups in total. The molecular weight excluding hydrogens is 323 g/mol. The fourth-order valence-corrected chi connectivity index (χ4v) is 1.43. The van der Waals surface area contributed by atoms with Gasteiger partial charge in [-0.3, -0.25) is 0 Å². The summed E-state index contributed by atoms with van der Waals surface area (Å²) in [6, 6.07) is 0. The van der Waals surface area contributed by atoms with Crippen LogP contribution in [0.2, 0.25) is 0 Å². The topological polar surface area (TPSA) is 52.6 Å². The molecule has 0 amide bonds. The van der Waals surface area contributed by atoms with Crippen molar-refractivity contribution in [2.75, 3.05) is 13.2 Å². The third-order valence-electron chi connectivity index (χ3n) is 1.71. The molecule has 0 rings (SSSR count). The van der Waals surface area contributed by atoms with Crippen LogP contribution in [0.5, 0.6) is 0 Å². The standard InChI is InChI=1S/C11H15IO4/c1-4-7-8-11(12,9(13)15-5-2)10(14)16-6-3/h5-6,8H2,1-3H3. The van der Waals surface area contributed by atoms with Gasteiger partial charge in [-0.15, -0.1) is 11.8 Å². The van der Waals surface area contributed by atoms with Crippen LogP contribution in [0.25, 0.3) is 0 Å². The Morgan fingerprint density at radius 2 is 1.62 bits per heavy atom. The van der Waals surface area contributed by atoms with Crippen LogP contribution < -0.4 is 0 Å². The summed E-state index contributed by atoms with van der Waals surface area (Å²) < 4.78 is 8.36. The Labute approximate surface area is 109 Å². The molecule has 0 radical (unpaired) electrons. The number of alkyl halides is 1. The first-order valence-electron chi connectivity index (χ1n) is 4.95. The summed E-state index contributed by atoms with van der Waals surface area (Å²) in [5.74, 6) is 4.15. The zero-order chi connectivity index (χ0) is 12.6. The molecule has 0 unspecified atom stereocenters. The van der Waals surface area contributed by atoms with Crippen molar-refractivity contribution >= 4 is 34.5 Å². The van der Waals surface area contributed by atoms with Crippen LogP contribution >= 0.6 is 22.6 Å². The second kappa shape index (κ2) is 7.49. The van der Waals surface area contributed by atoms with Gasteiger partial charge in [0.2, 0.25) is 3.42 Å². The van der Waals surface area contributed by atoms with Crippen LogP contribution in [0.3, 0.4) is 0 Å². The first-order chi connectivity index (χ1) is 7.52. The Morgan fingerprint density at radius 1 is 1.19 bits per heavy atom. The minimum absolute atomic E-state index is 0.0989. The van der Waals surface area contributed by atoms with Crippen molar-refractivity contribution in [3.63, 3.8) is 0 Å². The molecule has 0 aromatic rings. The SMILES string of the molecule is CC#CCC(I)(C(=O)OCC)C(=O)OCC. The van der Waals surface area contributed by atoms with E-state index in [9.17, 15) is 9.59 Å². The van der Waals surface area contributed by atoms with Crippen molar-refractivity contribution in [3.05, 3.63) is 0 Å². The molecule has 0 aliphatic rings. The van der Waals surface area contributed by atoms with E-state index in [2.05, 4.69) is 11.8 Å². The highest BCUT2D eigenvalue weighted by Gasteiger charge is 2.46. The number of halogens is 1. The molecule has 0 aliphatic heterocycles. The third-order valence-corrected chi connectivity index (χ3v) is 2.97. The number of hydrogen-bond donors (Lipinski definition) is 0. The molecule has 0 fully saturated rings. The normalized spacial score (nSPS) is 10.0. The first kappa shape index (κ1) is 15.2. The van der Waals surface area contributed by atoms with Crippen molar-refractivity contribution in [1.82, 2.24) is 0 Å². The molecule has 0 bridgehead atoms. The second-order valence-electron chi connectivity index (χ2n) is 2.85. The Balaban J connectivity index is 4.90. The molecule has 0 spiro atoms. The van der Waals surface area contributed by atoms with E-state index >= 15 is 0 Å². The number of esters is 2. The summed E-state index contributed by atoms with van der Waals surface area (Å²) in [6.07, 6.45) is 0.0989. The van der Waals surface area contributed by atoms with Crippen LogP contribution in [0.1, 0.15) is 27.2 Å². The van der Waals surface area contributed by atoms with Crippen molar-refractivity contribution in [1.29, 1.82) is 0 Å². The summed E-state index contributed by atoms with van der Waals surface area (Å²) in [4.78, 5) is 23.4. The molecule has 90 valence electrons. The van der Waals surface area contributed by atoms with Crippen LogP contribution in [0.15, 0.2) is 0 Å². The van der Waals surface area contributed by atoms with Crippen LogP contribution in [0, 0.1) is 11.8 Å². The van der Waals surface area contributed by atoms with E-state index in [4.69, 9.17) is 9.47 Å². The Morgan fingerprint density at radius 3 is 1.94 bits per heavy atom. The largest absolute Gasteiger partial charge is 0.465 e. The zero-order valence-corrected chi connectivity index (χ0v) is 11.8. The van der Waals surface area contributed by atoms with Gasteiger partial charge in [0.05, 0.1) is 13.2 Å². The molecule has 0 heterocycles. The predicted molar refractivity (Wildman–Crippen MR) is 68.1 cm³/mol. The smallest absolute Gasteiger partial charge is 0.334 e. The lowest BCUT2D eigenvalue weighted by atomic mass is 10.1. The molecule has 0 saturated carbocycles. The Hall–Kier alpha value is -0.770. The van der Waals surface area contributed by atoms with Gasteiger partial charge in [0, 0.05) is 6.42 Å². The quantitative estimate of drug-likeness (QED) is 0.252. The van der Waals surface area contributed by atoms with Gasteiger partial charge in [0.25, 0.3) is 0 Å². The van der Waals surface area contributed by atoms with E-state index in [1.807, 2.05) is 0 Å². The van der Waals surface area contributed by atoms with Gasteiger partial charge in [0.1, 0.15) is 0 Å². The summed E-state index contributed by atoms with van der Waals surface area (Å²) in [5.41, 5.74) is 0. The van der Waals surface area contributed by atoms with Crippen molar-refractivity contribution in [2.45, 2.75) is 30.6 Å². The fourth-order valence-electron chi connectivity index (χ4n) is 0.929. The number of ether oxygens (including phenoxy) is 2. The maximum Gasteiger partial charge on any atom is 0.334 e. The summed E-state index contributed by atoms with van der Waals surface area (Å²) in [7, 11) is 0. The average Bonchev–Trinajstić information content (AvgIpc) is 2.26. The minimum atomic E-state index is -1.35. The first-order valence-corrected chi connectivity index (χ1v) is 6.03. The van der Waals surface area contributed by atoms with Crippen LogP contribution in [0.4, 0.5) is 0 Å². The summed E-state index contributed by atoms with van der Waals surface area (Å²) in [6.45, 7) is 5.47. The molecule has 4 nitrogen and oxygen atoms in total. The average molecular weight is 338 g/mol. The second-order valence-corrected chi connectivity index (χ2v) is 4.69. The number of rotatable bonds is 5. The highest BCUT2D eigenvalue weighted by molar-refractivity contribution is 14.1. The number of hydrogen-bond acceptors (Lipinski definition) is 4. The van der Waals surface area contributed by atoms with Gasteiger partial charge < -0.3 is 9.47 Å². The van der Waals surface area contributed by atoms with Gasteiger partial charge in [-0.25, -0.2) is 9.59 Å². The maximum absolute atomic E-state index is 11.7. The van der Waals surface area contributed by atoms with Crippen molar-refractivity contribution in [3.8, 4) is 11.8 Å². The molecule has 0 aromatic carbocycles. The number of carbonyl (C=O) groups is 2. The van der Waals surface area contributed by atoms with Gasteiger partial charge in [0.15, 0.2) is 0 Å². The predicted octanol–water partition coefficient (Wildman–Crippen LogP) is 1.70. The van der Waals surface area contributed by atoms with Gasteiger partial charge in [-0.2, -0.15) is 0 Å². The lowest BCUT2D eigenvalue weighted by Crippen LogP contribution is -2.43. The maximum atomic E-state index is 11.7. The Kier molecular flexibility index (Phi) is 7.13. The van der Waals surface area contributed by atoms with Crippen molar-refractivity contribution in [2.24, 2.45) is 0 Å². The molecular formula is C11H15IO4. The third kappa shape index (κ3) is 4.00. The van der Waals surface area contributed by atoms with E-state index < -0.39 is 15.4 Å². The van der Waals surface area contributed by atoms with Crippen LogP contribution in [-0.2, 0) is 19.1 Å². The lowest BCUT2D eigenvalue weighted by molar-refractivity contribution is -0.157. The molecule has 0 aliphatic carbocycles. The van der Waals surface area contributed by atoms with E-state index in [1.54, 1.807) is 43.4 Å². The summed E-state index contributed by atoms with van der Waals surface area (Å²) >= 11 is 1.75. The summed E-state index contributed by atoms with van der Waals surface area (Å²) in [5, 5.41) is 0. The molecule has 0 saturated heterocycles. The van der Waals surface area contributed by atoms with Crippen molar-refractivity contribution < 1.29 is 19.1 Å². The minimum Gasteiger partial charge on any atom is -0.465 e. The monoisotopic (exact) mass is 338 g/mol. The van der Waals surface area contributed by atoms with Gasteiger partial charge >= 0.3 is 11.9 Å². The highest BCUT2D eigenvalue weighted by Crippen LogP contribution is 2.27. The molecule has 0 atom stereocenters. The van der Waals surface area contributed by atoms with E-state index in [0.29, 0.717) is 0 Å². The van der Waals surface area contributed by atoms with Gasteiger partial charge in [-0.1, -0.05) is 22.6 Å². The van der Waals surface area contributed by atoms with E-state index in [-0.39, 0.29) is 19.6 Å². The molecule has 5 heteroatoms. The highest BCUT2D eigenvalue weighted by atomic mass is 127. The lowest BCUT2D eigenvalue weighted by Gasteiger charge is -2.20. The van der Waals surface area contributed by atoms with Crippen LogP contribution in [-0.4, -0.2) is 28.6 Å².